The minimum atomic E-state index is 0.720. The number of hydrogen-bond donors (Lipinski definition) is 2. The van der Waals surface area contributed by atoms with Crippen molar-refractivity contribution in [1.82, 2.24) is 20.2 Å². The average Bonchev–Trinajstić information content (AvgIpc) is 2.90. The zero-order valence-electron chi connectivity index (χ0n) is 11.0. The van der Waals surface area contributed by atoms with E-state index >= 15 is 0 Å². The molecule has 1 aliphatic rings. The maximum absolute atomic E-state index is 4.19. The number of aromatic nitrogens is 2. The van der Waals surface area contributed by atoms with E-state index < -0.39 is 0 Å². The lowest BCUT2D eigenvalue weighted by Crippen LogP contribution is -2.31. The van der Waals surface area contributed by atoms with E-state index in [0.29, 0.717) is 0 Å². The zero-order valence-corrected chi connectivity index (χ0v) is 11.0. The number of nitrogens with one attached hydrogen (secondary N) is 2. The normalized spacial score (nSPS) is 18.7. The lowest BCUT2D eigenvalue weighted by Gasteiger charge is -2.20. The first-order valence-electron chi connectivity index (χ1n) is 6.67. The quantitative estimate of drug-likeness (QED) is 0.787. The van der Waals surface area contributed by atoms with Crippen molar-refractivity contribution in [3.63, 3.8) is 0 Å². The van der Waals surface area contributed by atoms with Gasteiger partial charge in [0.25, 0.3) is 0 Å². The van der Waals surface area contributed by atoms with Gasteiger partial charge in [-0.2, -0.15) is 0 Å². The number of aromatic amines is 1. The van der Waals surface area contributed by atoms with Crippen LogP contribution in [0.4, 0.5) is 0 Å². The third-order valence-electron chi connectivity index (χ3n) is 3.33. The van der Waals surface area contributed by atoms with Gasteiger partial charge in [-0.3, -0.25) is 0 Å². The number of rotatable bonds is 6. The van der Waals surface area contributed by atoms with Crippen molar-refractivity contribution in [3.05, 3.63) is 17.7 Å². The molecule has 2 rings (SSSR count). The summed E-state index contributed by atoms with van der Waals surface area (Å²) in [6, 6.07) is 0. The summed E-state index contributed by atoms with van der Waals surface area (Å²) in [6.45, 7) is 10.1. The fraction of sp³-hybridized carbons (Fsp3) is 0.769. The number of aryl methyl sites for hydroxylation is 1. The molecular weight excluding hydrogens is 212 g/mol. The number of nitrogens with zero attached hydrogens (tertiary/aromatic N) is 2. The topological polar surface area (TPSA) is 44.0 Å². The van der Waals surface area contributed by atoms with E-state index in [2.05, 4.69) is 27.1 Å². The van der Waals surface area contributed by atoms with Crippen LogP contribution in [0.5, 0.6) is 0 Å². The summed E-state index contributed by atoms with van der Waals surface area (Å²) >= 11 is 0. The van der Waals surface area contributed by atoms with Crippen molar-refractivity contribution in [2.75, 3.05) is 26.2 Å². The molecule has 0 spiro atoms. The Hall–Kier alpha value is -0.870. The fourth-order valence-electron chi connectivity index (χ4n) is 2.49. The minimum absolute atomic E-state index is 0.720. The lowest BCUT2D eigenvalue weighted by molar-refractivity contribution is 0.282. The molecule has 1 fully saturated rings. The summed E-state index contributed by atoms with van der Waals surface area (Å²) in [5, 5.41) is 3.49. The highest BCUT2D eigenvalue weighted by Crippen LogP contribution is 2.09. The summed E-state index contributed by atoms with van der Waals surface area (Å²) in [6.07, 6.45) is 4.68. The molecule has 4 nitrogen and oxygen atoms in total. The second-order valence-electron chi connectivity index (χ2n) is 5.24. The molecule has 0 amide bonds. The summed E-state index contributed by atoms with van der Waals surface area (Å²) in [4.78, 5) is 10.0. The largest absolute Gasteiger partial charge is 0.345 e. The SMILES string of the molecule is Cc1ncc(CNCC(C)CN2CCCC2)[nH]1. The molecule has 0 bridgehead atoms. The van der Waals surface area contributed by atoms with Gasteiger partial charge in [0, 0.05) is 25.0 Å². The van der Waals surface area contributed by atoms with Crippen LogP contribution in [0.2, 0.25) is 0 Å². The lowest BCUT2D eigenvalue weighted by atomic mass is 10.1. The van der Waals surface area contributed by atoms with Gasteiger partial charge in [0.15, 0.2) is 0 Å². The Morgan fingerprint density at radius 2 is 2.24 bits per heavy atom. The first-order chi connectivity index (χ1) is 8.24. The molecule has 2 N–H and O–H groups in total. The molecule has 1 aliphatic heterocycles. The first-order valence-corrected chi connectivity index (χ1v) is 6.67. The standard InChI is InChI=1S/C13H24N4/c1-11(10-17-5-3-4-6-17)7-14-8-13-9-15-12(2)16-13/h9,11,14H,3-8,10H2,1-2H3,(H,15,16). The maximum Gasteiger partial charge on any atom is 0.103 e. The van der Waals surface area contributed by atoms with Crippen molar-refractivity contribution in [2.24, 2.45) is 5.92 Å². The van der Waals surface area contributed by atoms with Gasteiger partial charge in [-0.05, 0) is 45.3 Å². The van der Waals surface area contributed by atoms with E-state index in [9.17, 15) is 0 Å². The van der Waals surface area contributed by atoms with Gasteiger partial charge < -0.3 is 15.2 Å². The monoisotopic (exact) mass is 236 g/mol. The van der Waals surface area contributed by atoms with Gasteiger partial charge in [0.1, 0.15) is 5.82 Å². The Balaban J connectivity index is 1.60. The van der Waals surface area contributed by atoms with E-state index in [1.165, 1.54) is 38.2 Å². The van der Waals surface area contributed by atoms with Crippen LogP contribution in [0.15, 0.2) is 6.20 Å². The van der Waals surface area contributed by atoms with Gasteiger partial charge >= 0.3 is 0 Å². The van der Waals surface area contributed by atoms with Crippen LogP contribution in [-0.2, 0) is 6.54 Å². The van der Waals surface area contributed by atoms with Gasteiger partial charge in [-0.25, -0.2) is 4.98 Å². The summed E-state index contributed by atoms with van der Waals surface area (Å²) < 4.78 is 0. The summed E-state index contributed by atoms with van der Waals surface area (Å²) in [5.41, 5.74) is 1.18. The Morgan fingerprint density at radius 1 is 1.47 bits per heavy atom. The zero-order chi connectivity index (χ0) is 12.1. The Labute approximate surface area is 104 Å². The van der Waals surface area contributed by atoms with Crippen LogP contribution in [0.25, 0.3) is 0 Å². The highest BCUT2D eigenvalue weighted by molar-refractivity contribution is 4.99. The van der Waals surface area contributed by atoms with Crippen molar-refractivity contribution in [1.29, 1.82) is 0 Å². The van der Waals surface area contributed by atoms with Crippen LogP contribution in [0, 0.1) is 12.8 Å². The highest BCUT2D eigenvalue weighted by Gasteiger charge is 2.14. The van der Waals surface area contributed by atoms with Gasteiger partial charge in [-0.15, -0.1) is 0 Å². The van der Waals surface area contributed by atoms with Gasteiger partial charge in [0.05, 0.1) is 0 Å². The third-order valence-corrected chi connectivity index (χ3v) is 3.33. The van der Waals surface area contributed by atoms with Crippen molar-refractivity contribution >= 4 is 0 Å². The van der Waals surface area contributed by atoms with Crippen LogP contribution in [-0.4, -0.2) is 41.0 Å². The van der Waals surface area contributed by atoms with Crippen molar-refractivity contribution in [2.45, 2.75) is 33.2 Å². The van der Waals surface area contributed by atoms with Crippen LogP contribution in [0.3, 0.4) is 0 Å². The molecule has 17 heavy (non-hydrogen) atoms. The molecule has 0 radical (unpaired) electrons. The van der Waals surface area contributed by atoms with E-state index in [-0.39, 0.29) is 0 Å². The molecule has 0 aliphatic carbocycles. The molecular formula is C13H24N4. The van der Waals surface area contributed by atoms with Crippen molar-refractivity contribution in [3.8, 4) is 0 Å². The Bertz CT molecular complexity index is 328. The van der Waals surface area contributed by atoms with Crippen LogP contribution >= 0.6 is 0 Å². The molecule has 1 unspecified atom stereocenters. The molecule has 2 heterocycles. The van der Waals surface area contributed by atoms with Crippen LogP contribution in [0.1, 0.15) is 31.3 Å². The van der Waals surface area contributed by atoms with Gasteiger partial charge in [0.2, 0.25) is 0 Å². The van der Waals surface area contributed by atoms with E-state index in [1.54, 1.807) is 0 Å². The summed E-state index contributed by atoms with van der Waals surface area (Å²) in [5.74, 6) is 1.71. The number of imidazole rings is 1. The molecule has 96 valence electrons. The van der Waals surface area contributed by atoms with Gasteiger partial charge in [-0.1, -0.05) is 6.92 Å². The average molecular weight is 236 g/mol. The molecule has 0 saturated carbocycles. The predicted octanol–water partition coefficient (Wildman–Crippen LogP) is 1.54. The smallest absolute Gasteiger partial charge is 0.103 e. The molecule has 1 atom stereocenters. The van der Waals surface area contributed by atoms with E-state index in [1.807, 2.05) is 13.1 Å². The summed E-state index contributed by atoms with van der Waals surface area (Å²) in [7, 11) is 0. The molecule has 0 aromatic carbocycles. The number of H-pyrrole nitrogens is 1. The first kappa shape index (κ1) is 12.6. The second kappa shape index (κ2) is 6.17. The van der Waals surface area contributed by atoms with Crippen molar-refractivity contribution < 1.29 is 0 Å². The number of hydrogen-bond acceptors (Lipinski definition) is 3. The predicted molar refractivity (Wildman–Crippen MR) is 69.9 cm³/mol. The minimum Gasteiger partial charge on any atom is -0.345 e. The third kappa shape index (κ3) is 4.13. The highest BCUT2D eigenvalue weighted by atomic mass is 15.1. The van der Waals surface area contributed by atoms with Crippen LogP contribution < -0.4 is 5.32 Å². The second-order valence-corrected chi connectivity index (χ2v) is 5.24. The van der Waals surface area contributed by atoms with E-state index in [0.717, 1.165) is 24.8 Å². The maximum atomic E-state index is 4.19. The molecule has 1 aromatic rings. The number of likely N-dealkylation sites (tertiary alicyclic amines) is 1. The molecule has 1 saturated heterocycles. The fourth-order valence-corrected chi connectivity index (χ4v) is 2.49. The Morgan fingerprint density at radius 3 is 2.88 bits per heavy atom. The van der Waals surface area contributed by atoms with E-state index in [4.69, 9.17) is 0 Å². The molecule has 1 aromatic heterocycles. The molecule has 4 heteroatoms. The Kier molecular flexibility index (Phi) is 4.57.